The molecule has 0 fully saturated rings. The van der Waals surface area contributed by atoms with E-state index in [1.54, 1.807) is 12.1 Å². The molecule has 0 aromatic heterocycles. The second kappa shape index (κ2) is 6.04. The first kappa shape index (κ1) is 15.2. The maximum atomic E-state index is 10.0. The van der Waals surface area contributed by atoms with Crippen molar-refractivity contribution in [2.75, 3.05) is 0 Å². The van der Waals surface area contributed by atoms with Gasteiger partial charge in [0.15, 0.2) is 0 Å². The van der Waals surface area contributed by atoms with Crippen molar-refractivity contribution in [1.29, 1.82) is 0 Å². The lowest BCUT2D eigenvalue weighted by molar-refractivity contribution is 0.462. The highest BCUT2D eigenvalue weighted by atomic mass is 16.3. The van der Waals surface area contributed by atoms with Crippen molar-refractivity contribution in [3.8, 4) is 11.5 Å². The van der Waals surface area contributed by atoms with Gasteiger partial charge in [-0.15, -0.1) is 0 Å². The quantitative estimate of drug-likeness (QED) is 0.842. The van der Waals surface area contributed by atoms with Crippen LogP contribution in [0.2, 0.25) is 0 Å². The molecule has 2 heteroatoms. The molecule has 0 aliphatic rings. The Labute approximate surface area is 126 Å². The van der Waals surface area contributed by atoms with Crippen molar-refractivity contribution in [2.24, 2.45) is 0 Å². The number of phenolic OH excluding ortho intramolecular Hbond substituents is 2. The Morgan fingerprint density at radius 3 is 2.14 bits per heavy atom. The summed E-state index contributed by atoms with van der Waals surface area (Å²) >= 11 is 0. The highest BCUT2D eigenvalue weighted by molar-refractivity contribution is 5.63. The normalized spacial score (nSPS) is 10.9. The molecule has 2 aromatic carbocycles. The molecule has 2 N–H and O–H groups in total. The number of benzene rings is 2. The van der Waals surface area contributed by atoms with Crippen molar-refractivity contribution in [3.63, 3.8) is 0 Å². The SMILES string of the molecule is C=C(C)c1ccc(O)c(Cc2cc(C(C)C)ccc2O)c1. The Hall–Kier alpha value is -2.22. The fraction of sp³-hybridized carbons (Fsp3) is 0.263. The highest BCUT2D eigenvalue weighted by Crippen LogP contribution is 2.29. The maximum Gasteiger partial charge on any atom is 0.119 e. The molecular formula is C19H22O2. The van der Waals surface area contributed by atoms with E-state index < -0.39 is 0 Å². The van der Waals surface area contributed by atoms with Crippen LogP contribution >= 0.6 is 0 Å². The molecule has 0 unspecified atom stereocenters. The third-order valence-electron chi connectivity index (χ3n) is 3.72. The molecule has 0 saturated heterocycles. The van der Waals surface area contributed by atoms with Crippen LogP contribution in [0.3, 0.4) is 0 Å². The molecule has 0 saturated carbocycles. The molecule has 21 heavy (non-hydrogen) atoms. The molecule has 0 aliphatic heterocycles. The van der Waals surface area contributed by atoms with Crippen LogP contribution in [-0.4, -0.2) is 10.2 Å². The van der Waals surface area contributed by atoms with E-state index in [-0.39, 0.29) is 11.5 Å². The molecule has 0 spiro atoms. The first-order valence-electron chi connectivity index (χ1n) is 7.18. The summed E-state index contributed by atoms with van der Waals surface area (Å²) in [7, 11) is 0. The van der Waals surface area contributed by atoms with Crippen molar-refractivity contribution >= 4 is 5.57 Å². The number of allylic oxidation sites excluding steroid dienone is 1. The summed E-state index contributed by atoms with van der Waals surface area (Å²) in [5.74, 6) is 0.911. The number of phenols is 2. The van der Waals surface area contributed by atoms with Gasteiger partial charge in [-0.25, -0.2) is 0 Å². The van der Waals surface area contributed by atoms with E-state index in [1.807, 2.05) is 31.2 Å². The Kier molecular flexibility index (Phi) is 4.37. The van der Waals surface area contributed by atoms with Crippen LogP contribution in [0, 0.1) is 0 Å². The van der Waals surface area contributed by atoms with Crippen LogP contribution in [0.25, 0.3) is 5.57 Å². The van der Waals surface area contributed by atoms with Gasteiger partial charge in [-0.05, 0) is 53.3 Å². The predicted octanol–water partition coefficient (Wildman–Crippen LogP) is 4.85. The van der Waals surface area contributed by atoms with E-state index in [2.05, 4.69) is 20.4 Å². The summed E-state index contributed by atoms with van der Waals surface area (Å²) in [5, 5.41) is 20.1. The van der Waals surface area contributed by atoms with Crippen LogP contribution in [0.4, 0.5) is 0 Å². The van der Waals surface area contributed by atoms with Gasteiger partial charge in [-0.2, -0.15) is 0 Å². The van der Waals surface area contributed by atoms with Gasteiger partial charge in [0.2, 0.25) is 0 Å². The zero-order chi connectivity index (χ0) is 15.6. The molecule has 0 bridgehead atoms. The van der Waals surface area contributed by atoms with Gasteiger partial charge < -0.3 is 10.2 Å². The molecule has 2 nitrogen and oxygen atoms in total. The minimum atomic E-state index is 0.245. The lowest BCUT2D eigenvalue weighted by Crippen LogP contribution is -1.95. The molecule has 0 amide bonds. The first-order valence-corrected chi connectivity index (χ1v) is 7.18. The minimum absolute atomic E-state index is 0.245. The van der Waals surface area contributed by atoms with Crippen LogP contribution in [0.15, 0.2) is 43.0 Å². The van der Waals surface area contributed by atoms with Crippen molar-refractivity contribution in [3.05, 3.63) is 65.2 Å². The second-order valence-electron chi connectivity index (χ2n) is 5.84. The topological polar surface area (TPSA) is 40.5 Å². The molecule has 0 heterocycles. The van der Waals surface area contributed by atoms with E-state index in [9.17, 15) is 10.2 Å². The van der Waals surface area contributed by atoms with Crippen LogP contribution in [0.1, 0.15) is 48.9 Å². The Balaban J connectivity index is 2.40. The van der Waals surface area contributed by atoms with Gasteiger partial charge in [0.05, 0.1) is 0 Å². The van der Waals surface area contributed by atoms with Crippen molar-refractivity contribution in [2.45, 2.75) is 33.1 Å². The van der Waals surface area contributed by atoms with Gasteiger partial charge in [0, 0.05) is 6.42 Å². The Bertz CT molecular complexity index is 669. The summed E-state index contributed by atoms with van der Waals surface area (Å²) in [5.41, 5.74) is 4.76. The molecule has 0 aliphatic carbocycles. The summed E-state index contributed by atoms with van der Waals surface area (Å²) < 4.78 is 0. The fourth-order valence-corrected chi connectivity index (χ4v) is 2.30. The average Bonchev–Trinajstić information content (AvgIpc) is 2.43. The van der Waals surface area contributed by atoms with E-state index >= 15 is 0 Å². The van der Waals surface area contributed by atoms with Crippen LogP contribution < -0.4 is 0 Å². The Morgan fingerprint density at radius 1 is 1.00 bits per heavy atom. The number of aromatic hydroxyl groups is 2. The largest absolute Gasteiger partial charge is 0.508 e. The summed E-state index contributed by atoms with van der Waals surface area (Å²) in [6.07, 6.45) is 0.499. The first-order chi connectivity index (χ1) is 9.88. The van der Waals surface area contributed by atoms with Crippen molar-refractivity contribution < 1.29 is 10.2 Å². The van der Waals surface area contributed by atoms with Gasteiger partial charge >= 0.3 is 0 Å². The Morgan fingerprint density at radius 2 is 1.57 bits per heavy atom. The van der Waals surface area contributed by atoms with Gasteiger partial charge in [0.1, 0.15) is 11.5 Å². The van der Waals surface area contributed by atoms with Gasteiger partial charge in [-0.3, -0.25) is 0 Å². The van der Waals surface area contributed by atoms with Crippen molar-refractivity contribution in [1.82, 2.24) is 0 Å². The zero-order valence-electron chi connectivity index (χ0n) is 12.9. The third kappa shape index (κ3) is 3.46. The average molecular weight is 282 g/mol. The predicted molar refractivity (Wildman–Crippen MR) is 87.8 cm³/mol. The molecule has 2 rings (SSSR count). The summed E-state index contributed by atoms with van der Waals surface area (Å²) in [6.45, 7) is 10.1. The maximum absolute atomic E-state index is 10.0. The monoisotopic (exact) mass is 282 g/mol. The molecule has 0 atom stereocenters. The molecule has 110 valence electrons. The minimum Gasteiger partial charge on any atom is -0.508 e. The lowest BCUT2D eigenvalue weighted by atomic mass is 9.95. The smallest absolute Gasteiger partial charge is 0.119 e. The number of hydrogen-bond donors (Lipinski definition) is 2. The van der Waals surface area contributed by atoms with E-state index in [0.717, 1.165) is 22.3 Å². The van der Waals surface area contributed by atoms with E-state index in [4.69, 9.17) is 0 Å². The standard InChI is InChI=1S/C19H22O2/c1-12(2)14-5-7-18(20)16(9-14)11-17-10-15(13(3)4)6-8-19(17)21/h5-10,13,20-21H,1,11H2,2-4H3. The second-order valence-corrected chi connectivity index (χ2v) is 5.84. The van der Waals surface area contributed by atoms with Gasteiger partial charge in [-0.1, -0.05) is 44.2 Å². The summed E-state index contributed by atoms with van der Waals surface area (Å²) in [4.78, 5) is 0. The molecule has 2 aromatic rings. The van der Waals surface area contributed by atoms with Crippen LogP contribution in [-0.2, 0) is 6.42 Å². The highest BCUT2D eigenvalue weighted by Gasteiger charge is 2.10. The number of hydrogen-bond acceptors (Lipinski definition) is 2. The van der Waals surface area contributed by atoms with E-state index in [0.29, 0.717) is 12.3 Å². The lowest BCUT2D eigenvalue weighted by Gasteiger charge is -2.12. The van der Waals surface area contributed by atoms with Crippen LogP contribution in [0.5, 0.6) is 11.5 Å². The van der Waals surface area contributed by atoms with E-state index in [1.165, 1.54) is 5.56 Å². The summed E-state index contributed by atoms with van der Waals surface area (Å²) in [6, 6.07) is 11.1. The fourth-order valence-electron chi connectivity index (χ4n) is 2.30. The zero-order valence-corrected chi connectivity index (χ0v) is 12.9. The molecule has 0 radical (unpaired) electrons. The third-order valence-corrected chi connectivity index (χ3v) is 3.72. The number of rotatable bonds is 4. The van der Waals surface area contributed by atoms with Gasteiger partial charge in [0.25, 0.3) is 0 Å². The molecular weight excluding hydrogens is 260 g/mol.